The van der Waals surface area contributed by atoms with Gasteiger partial charge in [0.15, 0.2) is 0 Å². The molecule has 0 heterocycles. The first-order valence-electron chi connectivity index (χ1n) is 5.80. The lowest BCUT2D eigenvalue weighted by Crippen LogP contribution is -1.96. The van der Waals surface area contributed by atoms with Crippen LogP contribution in [0.4, 0.5) is 5.69 Å². The maximum absolute atomic E-state index is 10.8. The topological polar surface area (TPSA) is 49.7 Å². The number of aliphatic imine (C=N–C) groups is 1. The predicted octanol–water partition coefficient (Wildman–Crippen LogP) is 4.75. The molecule has 2 aromatic rings. The first kappa shape index (κ1) is 14.6. The maximum atomic E-state index is 10.8. The number of halogens is 2. The molecule has 0 aliphatic heterocycles. The number of hydrogen-bond donors (Lipinski definition) is 1. The standard InChI is InChI=1S/C15H11Cl2NO2/c1-9-6-12(16)4-5-14(9)18-8-11-3-2-10(15(19)20)7-13(11)17/h2-8H,1H3,(H,19,20). The van der Waals surface area contributed by atoms with Crippen molar-refractivity contribution in [2.45, 2.75) is 6.92 Å². The molecule has 0 saturated heterocycles. The minimum Gasteiger partial charge on any atom is -0.478 e. The molecule has 0 radical (unpaired) electrons. The van der Waals surface area contributed by atoms with Crippen molar-refractivity contribution in [3.8, 4) is 0 Å². The molecule has 102 valence electrons. The smallest absolute Gasteiger partial charge is 0.335 e. The van der Waals surface area contributed by atoms with Crippen LogP contribution in [0.2, 0.25) is 10.0 Å². The Hall–Kier alpha value is -1.84. The lowest BCUT2D eigenvalue weighted by molar-refractivity contribution is 0.0697. The second-order valence-electron chi connectivity index (χ2n) is 4.23. The number of carboxylic acid groups (broad SMARTS) is 1. The second-order valence-corrected chi connectivity index (χ2v) is 5.07. The van der Waals surface area contributed by atoms with E-state index in [1.807, 2.05) is 19.1 Å². The Morgan fingerprint density at radius 2 is 1.95 bits per heavy atom. The molecule has 1 N–H and O–H groups in total. The summed E-state index contributed by atoms with van der Waals surface area (Å²) < 4.78 is 0. The fraction of sp³-hybridized carbons (Fsp3) is 0.0667. The second kappa shape index (κ2) is 6.07. The van der Waals surface area contributed by atoms with Gasteiger partial charge in [0.1, 0.15) is 0 Å². The summed E-state index contributed by atoms with van der Waals surface area (Å²) in [5, 5.41) is 9.87. The van der Waals surface area contributed by atoms with Gasteiger partial charge >= 0.3 is 5.97 Å². The highest BCUT2D eigenvalue weighted by molar-refractivity contribution is 6.33. The fourth-order valence-electron chi connectivity index (χ4n) is 1.67. The summed E-state index contributed by atoms with van der Waals surface area (Å²) in [5.41, 5.74) is 2.54. The number of carboxylic acids is 1. The molecular formula is C15H11Cl2NO2. The van der Waals surface area contributed by atoms with Crippen molar-refractivity contribution in [1.29, 1.82) is 0 Å². The Morgan fingerprint density at radius 3 is 2.55 bits per heavy atom. The fourth-order valence-corrected chi connectivity index (χ4v) is 2.12. The predicted molar refractivity (Wildman–Crippen MR) is 81.9 cm³/mol. The molecule has 0 unspecified atom stereocenters. The minimum absolute atomic E-state index is 0.148. The first-order valence-corrected chi connectivity index (χ1v) is 6.56. The zero-order valence-corrected chi connectivity index (χ0v) is 12.1. The van der Waals surface area contributed by atoms with Gasteiger partial charge < -0.3 is 5.11 Å². The van der Waals surface area contributed by atoms with Crippen LogP contribution in [-0.2, 0) is 0 Å². The molecule has 0 aliphatic carbocycles. The molecule has 0 saturated carbocycles. The van der Waals surface area contributed by atoms with Crippen molar-refractivity contribution >= 4 is 41.1 Å². The van der Waals surface area contributed by atoms with Gasteiger partial charge in [-0.2, -0.15) is 0 Å². The van der Waals surface area contributed by atoms with Crippen LogP contribution in [0.5, 0.6) is 0 Å². The van der Waals surface area contributed by atoms with Crippen molar-refractivity contribution in [3.63, 3.8) is 0 Å². The normalized spacial score (nSPS) is 10.9. The van der Waals surface area contributed by atoms with Crippen LogP contribution in [0.15, 0.2) is 41.4 Å². The summed E-state index contributed by atoms with van der Waals surface area (Å²) in [6, 6.07) is 9.91. The SMILES string of the molecule is Cc1cc(Cl)ccc1N=Cc1ccc(C(=O)O)cc1Cl. The minimum atomic E-state index is -1.01. The Bertz CT molecular complexity index is 696. The van der Waals surface area contributed by atoms with Crippen molar-refractivity contribution in [1.82, 2.24) is 0 Å². The van der Waals surface area contributed by atoms with Crippen LogP contribution >= 0.6 is 23.2 Å². The van der Waals surface area contributed by atoms with Gasteiger partial charge in [-0.1, -0.05) is 29.3 Å². The van der Waals surface area contributed by atoms with E-state index >= 15 is 0 Å². The Labute approximate surface area is 126 Å². The van der Waals surface area contributed by atoms with E-state index in [4.69, 9.17) is 28.3 Å². The molecule has 0 spiro atoms. The van der Waals surface area contributed by atoms with Gasteiger partial charge in [-0.05, 0) is 42.8 Å². The summed E-state index contributed by atoms with van der Waals surface area (Å²) in [4.78, 5) is 15.2. The molecule has 5 heteroatoms. The number of carbonyl (C=O) groups is 1. The maximum Gasteiger partial charge on any atom is 0.335 e. The van der Waals surface area contributed by atoms with E-state index in [1.165, 1.54) is 12.1 Å². The largest absolute Gasteiger partial charge is 0.478 e. The molecule has 20 heavy (non-hydrogen) atoms. The van der Waals surface area contributed by atoms with E-state index in [0.717, 1.165) is 11.3 Å². The number of aromatic carboxylic acids is 1. The molecule has 3 nitrogen and oxygen atoms in total. The lowest BCUT2D eigenvalue weighted by Gasteiger charge is -2.02. The van der Waals surface area contributed by atoms with Crippen LogP contribution < -0.4 is 0 Å². The first-order chi connectivity index (χ1) is 9.47. The van der Waals surface area contributed by atoms with Crippen LogP contribution in [0, 0.1) is 6.92 Å². The number of aryl methyl sites for hydroxylation is 1. The molecular weight excluding hydrogens is 297 g/mol. The molecule has 2 rings (SSSR count). The van der Waals surface area contributed by atoms with Gasteiger partial charge in [0.05, 0.1) is 16.3 Å². The highest BCUT2D eigenvalue weighted by Crippen LogP contribution is 2.23. The van der Waals surface area contributed by atoms with E-state index in [9.17, 15) is 4.79 Å². The third kappa shape index (κ3) is 3.38. The van der Waals surface area contributed by atoms with Gasteiger partial charge in [0.25, 0.3) is 0 Å². The van der Waals surface area contributed by atoms with Gasteiger partial charge in [0, 0.05) is 16.8 Å². The van der Waals surface area contributed by atoms with Gasteiger partial charge in [0.2, 0.25) is 0 Å². The summed E-state index contributed by atoms with van der Waals surface area (Å²) in [7, 11) is 0. The van der Waals surface area contributed by atoms with Crippen molar-refractivity contribution in [3.05, 3.63) is 63.1 Å². The Balaban J connectivity index is 2.29. The zero-order valence-electron chi connectivity index (χ0n) is 10.6. The van der Waals surface area contributed by atoms with E-state index in [1.54, 1.807) is 18.3 Å². The quantitative estimate of drug-likeness (QED) is 0.832. The zero-order chi connectivity index (χ0) is 14.7. The van der Waals surface area contributed by atoms with Crippen LogP contribution in [-0.4, -0.2) is 17.3 Å². The molecule has 0 bridgehead atoms. The van der Waals surface area contributed by atoms with E-state index < -0.39 is 5.97 Å². The van der Waals surface area contributed by atoms with Crippen molar-refractivity contribution in [2.75, 3.05) is 0 Å². The van der Waals surface area contributed by atoms with Crippen LogP contribution in [0.25, 0.3) is 0 Å². The van der Waals surface area contributed by atoms with Crippen LogP contribution in [0.3, 0.4) is 0 Å². The van der Waals surface area contributed by atoms with Gasteiger partial charge in [-0.25, -0.2) is 4.79 Å². The highest BCUT2D eigenvalue weighted by Gasteiger charge is 2.05. The summed E-state index contributed by atoms with van der Waals surface area (Å²) >= 11 is 11.9. The molecule has 0 aromatic heterocycles. The average Bonchev–Trinajstić information content (AvgIpc) is 2.38. The molecule has 0 aliphatic rings. The van der Waals surface area contributed by atoms with Gasteiger partial charge in [-0.3, -0.25) is 4.99 Å². The highest BCUT2D eigenvalue weighted by atomic mass is 35.5. The molecule has 0 fully saturated rings. The number of benzene rings is 2. The summed E-state index contributed by atoms with van der Waals surface area (Å²) in [6.07, 6.45) is 1.60. The summed E-state index contributed by atoms with van der Waals surface area (Å²) in [6.45, 7) is 1.91. The van der Waals surface area contributed by atoms with E-state index in [0.29, 0.717) is 15.6 Å². The number of hydrogen-bond acceptors (Lipinski definition) is 2. The van der Waals surface area contributed by atoms with E-state index in [2.05, 4.69) is 4.99 Å². The van der Waals surface area contributed by atoms with Crippen molar-refractivity contribution in [2.24, 2.45) is 4.99 Å². The molecule has 0 atom stereocenters. The van der Waals surface area contributed by atoms with Crippen LogP contribution in [0.1, 0.15) is 21.5 Å². The average molecular weight is 308 g/mol. The third-order valence-electron chi connectivity index (χ3n) is 2.75. The number of rotatable bonds is 3. The Kier molecular flexibility index (Phi) is 4.42. The van der Waals surface area contributed by atoms with Crippen molar-refractivity contribution < 1.29 is 9.90 Å². The molecule has 0 amide bonds. The van der Waals surface area contributed by atoms with E-state index in [-0.39, 0.29) is 5.56 Å². The monoisotopic (exact) mass is 307 g/mol. The summed E-state index contributed by atoms with van der Waals surface area (Å²) in [5.74, 6) is -1.01. The number of nitrogens with zero attached hydrogens (tertiary/aromatic N) is 1. The Morgan fingerprint density at radius 1 is 1.20 bits per heavy atom. The lowest BCUT2D eigenvalue weighted by atomic mass is 10.1. The van der Waals surface area contributed by atoms with Gasteiger partial charge in [-0.15, -0.1) is 0 Å². The molecule has 2 aromatic carbocycles. The third-order valence-corrected chi connectivity index (χ3v) is 3.31.